The third-order valence-corrected chi connectivity index (χ3v) is 1.20. The Kier molecular flexibility index (Phi) is 13.4. The van der Waals surface area contributed by atoms with Crippen LogP contribution in [0.2, 0.25) is 0 Å². The molecule has 1 aromatic rings. The molecule has 12 heavy (non-hydrogen) atoms. The molecule has 1 rings (SSSR count). The Balaban J connectivity index is -0.000000270. The molecule has 0 heterocycles. The average Bonchev–Trinajstić information content (AvgIpc) is 1.90. The van der Waals surface area contributed by atoms with Crippen LogP contribution in [-0.4, -0.2) is 7.05 Å². The van der Waals surface area contributed by atoms with Crippen LogP contribution in [0.25, 0.3) is 0 Å². The number of para-hydroxylation sites is 1. The Morgan fingerprint density at radius 2 is 1.50 bits per heavy atom. The fourth-order valence-corrected chi connectivity index (χ4v) is 0.682. The minimum Gasteiger partial charge on any atom is -0.528 e. The van der Waals surface area contributed by atoms with E-state index in [0.29, 0.717) is 0 Å². The molecule has 2 heteroatoms. The van der Waals surface area contributed by atoms with Gasteiger partial charge in [0, 0.05) is 5.69 Å². The molecule has 0 saturated carbocycles. The molecular weight excluding hydrogens is 225 g/mol. The number of rotatable bonds is 1. The monoisotopic (exact) mass is 240 g/mol. The first-order chi connectivity index (χ1) is 4.30. The summed E-state index contributed by atoms with van der Waals surface area (Å²) in [6.07, 6.45) is 0. The van der Waals surface area contributed by atoms with Crippen LogP contribution in [0.15, 0.2) is 30.3 Å². The van der Waals surface area contributed by atoms with Crippen LogP contribution >= 0.6 is 0 Å². The van der Waals surface area contributed by atoms with E-state index in [4.69, 9.17) is 0 Å². The SMILES string of the molecule is [CH2-]N(C)c1ccccc1.[CH3-].[CH3-].[Zr+4]. The van der Waals surface area contributed by atoms with Crippen molar-refractivity contribution in [3.05, 3.63) is 52.2 Å². The number of benzene rings is 1. The summed E-state index contributed by atoms with van der Waals surface area (Å²) in [6, 6.07) is 10.0. The largest absolute Gasteiger partial charge is 4.00 e. The first-order valence-corrected chi connectivity index (χ1v) is 2.90. The maximum Gasteiger partial charge on any atom is 4.00 e. The predicted octanol–water partition coefficient (Wildman–Crippen LogP) is 2.81. The van der Waals surface area contributed by atoms with E-state index in [2.05, 4.69) is 7.05 Å². The molecule has 0 amide bonds. The summed E-state index contributed by atoms with van der Waals surface area (Å²) in [5.74, 6) is 0. The Morgan fingerprint density at radius 1 is 1.08 bits per heavy atom. The van der Waals surface area contributed by atoms with E-state index in [9.17, 15) is 0 Å². The van der Waals surface area contributed by atoms with E-state index >= 15 is 0 Å². The first kappa shape index (κ1) is 17.9. The minimum absolute atomic E-state index is 0. The van der Waals surface area contributed by atoms with Crippen LogP contribution in [0.4, 0.5) is 5.69 Å². The maximum atomic E-state index is 3.74. The maximum absolute atomic E-state index is 3.74. The van der Waals surface area contributed by atoms with E-state index in [1.165, 1.54) is 0 Å². The first-order valence-electron chi connectivity index (χ1n) is 2.90. The molecule has 0 unspecified atom stereocenters. The molecule has 0 radical (unpaired) electrons. The van der Waals surface area contributed by atoms with E-state index < -0.39 is 0 Å². The second-order valence-electron chi connectivity index (χ2n) is 2.03. The summed E-state index contributed by atoms with van der Waals surface area (Å²) in [6.45, 7) is 0. The Hall–Kier alpha value is -0.0969. The van der Waals surface area contributed by atoms with Gasteiger partial charge in [-0.25, -0.2) is 0 Å². The molecule has 0 atom stereocenters. The smallest absolute Gasteiger partial charge is 0.528 e. The van der Waals surface area contributed by atoms with Gasteiger partial charge in [-0.15, -0.1) is 0 Å². The molecule has 0 saturated heterocycles. The molecule has 0 aliphatic heterocycles. The second-order valence-corrected chi connectivity index (χ2v) is 2.03. The van der Waals surface area contributed by atoms with E-state index in [1.54, 1.807) is 0 Å². The van der Waals surface area contributed by atoms with Crippen LogP contribution in [0, 0.1) is 21.9 Å². The van der Waals surface area contributed by atoms with Crippen molar-refractivity contribution in [2.24, 2.45) is 0 Å². The van der Waals surface area contributed by atoms with Gasteiger partial charge in [0.1, 0.15) is 0 Å². The van der Waals surface area contributed by atoms with Crippen molar-refractivity contribution >= 4 is 5.69 Å². The van der Waals surface area contributed by atoms with Crippen LogP contribution in [0.5, 0.6) is 0 Å². The van der Waals surface area contributed by atoms with E-state index in [-0.39, 0.29) is 41.1 Å². The second kappa shape index (κ2) is 8.99. The summed E-state index contributed by atoms with van der Waals surface area (Å²) in [7, 11) is 5.67. The molecule has 0 aliphatic rings. The van der Waals surface area contributed by atoms with Crippen molar-refractivity contribution in [3.63, 3.8) is 0 Å². The van der Waals surface area contributed by atoms with Gasteiger partial charge in [-0.1, -0.05) is 18.2 Å². The van der Waals surface area contributed by atoms with Crippen molar-refractivity contribution in [1.29, 1.82) is 0 Å². The Morgan fingerprint density at radius 3 is 1.75 bits per heavy atom. The fraction of sp³-hybridized carbons (Fsp3) is 0.100. The molecule has 0 aliphatic carbocycles. The van der Waals surface area contributed by atoms with Crippen LogP contribution in [-0.2, 0) is 26.2 Å². The minimum atomic E-state index is 0. The van der Waals surface area contributed by atoms with Crippen LogP contribution in [0.1, 0.15) is 0 Å². The van der Waals surface area contributed by atoms with Crippen molar-refractivity contribution in [1.82, 2.24) is 0 Å². The number of hydrogen-bond acceptors (Lipinski definition) is 1. The van der Waals surface area contributed by atoms with Gasteiger partial charge in [-0.2, -0.15) is 0 Å². The topological polar surface area (TPSA) is 3.24 Å². The van der Waals surface area contributed by atoms with Gasteiger partial charge >= 0.3 is 26.2 Å². The Labute approximate surface area is 95.9 Å². The van der Waals surface area contributed by atoms with Gasteiger partial charge in [0.05, 0.1) is 0 Å². The molecule has 1 nitrogen and oxygen atoms in total. The zero-order valence-electron chi connectivity index (χ0n) is 8.04. The third-order valence-electron chi connectivity index (χ3n) is 1.20. The van der Waals surface area contributed by atoms with Gasteiger partial charge in [0.2, 0.25) is 0 Å². The van der Waals surface area contributed by atoms with Gasteiger partial charge in [-0.3, -0.25) is 7.05 Å². The van der Waals surface area contributed by atoms with Crippen LogP contribution < -0.4 is 4.90 Å². The van der Waals surface area contributed by atoms with E-state index in [0.717, 1.165) is 5.69 Å². The number of anilines is 1. The summed E-state index contributed by atoms with van der Waals surface area (Å²) >= 11 is 0. The van der Waals surface area contributed by atoms with Crippen molar-refractivity contribution < 1.29 is 26.2 Å². The zero-order valence-corrected chi connectivity index (χ0v) is 10.5. The Bertz CT molecular complexity index is 172. The van der Waals surface area contributed by atoms with Crippen LogP contribution in [0.3, 0.4) is 0 Å². The summed E-state index contributed by atoms with van der Waals surface area (Å²) in [5, 5.41) is 0. The quantitative estimate of drug-likeness (QED) is 0.684. The number of nitrogens with zero attached hydrogens (tertiary/aromatic N) is 1. The summed E-state index contributed by atoms with van der Waals surface area (Å²) in [4.78, 5) is 1.83. The molecular formula is C10H16NZr+. The van der Waals surface area contributed by atoms with Crippen molar-refractivity contribution in [3.8, 4) is 0 Å². The molecule has 0 fully saturated rings. The van der Waals surface area contributed by atoms with Gasteiger partial charge in [-0.05, 0) is 19.2 Å². The summed E-state index contributed by atoms with van der Waals surface area (Å²) in [5.41, 5.74) is 1.14. The molecule has 0 bridgehead atoms. The zero-order chi connectivity index (χ0) is 6.69. The molecule has 0 spiro atoms. The molecule has 64 valence electrons. The van der Waals surface area contributed by atoms with Crippen molar-refractivity contribution in [2.75, 3.05) is 11.9 Å². The van der Waals surface area contributed by atoms with Gasteiger partial charge in [0.15, 0.2) is 0 Å². The fourth-order valence-electron chi connectivity index (χ4n) is 0.682. The molecule has 0 aromatic heterocycles. The molecule has 1 aromatic carbocycles. The normalized spacial score (nSPS) is 6.83. The van der Waals surface area contributed by atoms with Gasteiger partial charge < -0.3 is 19.8 Å². The van der Waals surface area contributed by atoms with Crippen molar-refractivity contribution in [2.45, 2.75) is 0 Å². The standard InChI is InChI=1S/C8H10N.2CH3.Zr/c1-9(2)8-6-4-3-5-7-8;;;/h3-7H,1H2,2H3;2*1H3;/q3*-1;+4. The summed E-state index contributed by atoms with van der Waals surface area (Å²) < 4.78 is 0. The van der Waals surface area contributed by atoms with Gasteiger partial charge in [0.25, 0.3) is 0 Å². The number of hydrogen-bond donors (Lipinski definition) is 0. The molecule has 0 N–H and O–H groups in total. The third kappa shape index (κ3) is 5.54. The predicted molar refractivity (Wildman–Crippen MR) is 53.0 cm³/mol. The average molecular weight is 241 g/mol. The van der Waals surface area contributed by atoms with E-state index in [1.807, 2.05) is 42.3 Å².